The molecule has 0 heterocycles. The molecular weight excluding hydrogens is 390 g/mol. The molecule has 0 bridgehead atoms. The smallest absolute Gasteiger partial charge is 0.339 e. The molecule has 0 unspecified atom stereocenters. The third-order valence-corrected chi connectivity index (χ3v) is 4.53. The molecule has 2 aromatic carbocycles. The van der Waals surface area contributed by atoms with Crippen molar-refractivity contribution < 1.29 is 9.53 Å². The van der Waals surface area contributed by atoms with Gasteiger partial charge in [0, 0.05) is 15.8 Å². The van der Waals surface area contributed by atoms with Crippen molar-refractivity contribution in [2.24, 2.45) is 15.9 Å². The van der Waals surface area contributed by atoms with Gasteiger partial charge in [-0.3, -0.25) is 0 Å². The monoisotopic (exact) mass is 405 g/mol. The summed E-state index contributed by atoms with van der Waals surface area (Å²) in [5, 5.41) is 8.26. The van der Waals surface area contributed by atoms with Crippen LogP contribution in [0.15, 0.2) is 63.2 Å². The molecule has 2 rings (SSSR count). The predicted molar refractivity (Wildman–Crippen MR) is 102 cm³/mol. The summed E-state index contributed by atoms with van der Waals surface area (Å²) in [6.45, 7) is 0. The van der Waals surface area contributed by atoms with Crippen molar-refractivity contribution in [3.8, 4) is 0 Å². The number of ether oxygens (including phenoxy) is 1. The van der Waals surface area contributed by atoms with Crippen LogP contribution in [0, 0.1) is 0 Å². The SMILES string of the molecule is COC(=O)c1c(Br)cccc1C=NN=C(N)SCc1ccccc1. The van der Waals surface area contributed by atoms with E-state index in [0.717, 1.165) is 11.3 Å². The van der Waals surface area contributed by atoms with Gasteiger partial charge in [-0.05, 0) is 27.6 Å². The van der Waals surface area contributed by atoms with Gasteiger partial charge in [0.1, 0.15) is 0 Å². The van der Waals surface area contributed by atoms with Crippen LogP contribution in [0.5, 0.6) is 0 Å². The zero-order chi connectivity index (χ0) is 17.4. The van der Waals surface area contributed by atoms with Crippen LogP contribution in [-0.2, 0) is 10.5 Å². The van der Waals surface area contributed by atoms with Gasteiger partial charge >= 0.3 is 5.97 Å². The summed E-state index contributed by atoms with van der Waals surface area (Å²) < 4.78 is 5.41. The second-order valence-electron chi connectivity index (χ2n) is 4.65. The number of methoxy groups -OCH3 is 1. The number of carbonyl (C=O) groups excluding carboxylic acids is 1. The van der Waals surface area contributed by atoms with Crippen LogP contribution in [0.25, 0.3) is 0 Å². The molecule has 0 atom stereocenters. The number of hydrogen-bond donors (Lipinski definition) is 1. The van der Waals surface area contributed by atoms with Crippen molar-refractivity contribution in [2.45, 2.75) is 5.75 Å². The van der Waals surface area contributed by atoms with E-state index >= 15 is 0 Å². The van der Waals surface area contributed by atoms with E-state index in [1.165, 1.54) is 25.1 Å². The summed E-state index contributed by atoms with van der Waals surface area (Å²) in [5.41, 5.74) is 7.99. The first kappa shape index (κ1) is 18.2. The Morgan fingerprint density at radius 1 is 1.25 bits per heavy atom. The van der Waals surface area contributed by atoms with Crippen molar-refractivity contribution in [3.05, 3.63) is 69.7 Å². The van der Waals surface area contributed by atoms with E-state index in [4.69, 9.17) is 10.5 Å². The van der Waals surface area contributed by atoms with E-state index in [-0.39, 0.29) is 0 Å². The molecule has 0 aliphatic rings. The Bertz CT molecular complexity index is 764. The van der Waals surface area contributed by atoms with Gasteiger partial charge in [0.25, 0.3) is 0 Å². The van der Waals surface area contributed by atoms with Crippen LogP contribution < -0.4 is 5.73 Å². The molecule has 0 fully saturated rings. The van der Waals surface area contributed by atoms with Gasteiger partial charge in [0.15, 0.2) is 5.17 Å². The summed E-state index contributed by atoms with van der Waals surface area (Å²) >= 11 is 4.73. The number of thioether (sulfide) groups is 1. The molecule has 7 heteroatoms. The average molecular weight is 406 g/mol. The van der Waals surface area contributed by atoms with Gasteiger partial charge in [-0.2, -0.15) is 5.10 Å². The zero-order valence-corrected chi connectivity index (χ0v) is 15.4. The second kappa shape index (κ2) is 9.24. The largest absolute Gasteiger partial charge is 0.465 e. The predicted octanol–water partition coefficient (Wildman–Crippen LogP) is 3.82. The fourth-order valence-electron chi connectivity index (χ4n) is 1.87. The van der Waals surface area contributed by atoms with Gasteiger partial charge in [-0.25, -0.2) is 4.79 Å². The minimum Gasteiger partial charge on any atom is -0.465 e. The highest BCUT2D eigenvalue weighted by molar-refractivity contribution is 9.10. The van der Waals surface area contributed by atoms with E-state index in [1.807, 2.05) is 30.3 Å². The molecule has 0 aliphatic carbocycles. The van der Waals surface area contributed by atoms with Crippen LogP contribution in [0.1, 0.15) is 21.5 Å². The topological polar surface area (TPSA) is 77.0 Å². The molecule has 2 N–H and O–H groups in total. The van der Waals surface area contributed by atoms with Crippen molar-refractivity contribution in [1.29, 1.82) is 0 Å². The van der Waals surface area contributed by atoms with Crippen molar-refractivity contribution in [1.82, 2.24) is 0 Å². The van der Waals surface area contributed by atoms with Crippen molar-refractivity contribution in [2.75, 3.05) is 7.11 Å². The molecule has 0 saturated heterocycles. The first-order valence-corrected chi connectivity index (χ1v) is 8.79. The van der Waals surface area contributed by atoms with Crippen LogP contribution in [-0.4, -0.2) is 24.5 Å². The van der Waals surface area contributed by atoms with Crippen molar-refractivity contribution in [3.63, 3.8) is 0 Å². The van der Waals surface area contributed by atoms with E-state index < -0.39 is 5.97 Å². The Balaban J connectivity index is 2.05. The Morgan fingerprint density at radius 3 is 2.71 bits per heavy atom. The molecule has 0 radical (unpaired) electrons. The fraction of sp³-hybridized carbons (Fsp3) is 0.118. The van der Waals surface area contributed by atoms with Gasteiger partial charge in [0.2, 0.25) is 0 Å². The molecule has 5 nitrogen and oxygen atoms in total. The second-order valence-corrected chi connectivity index (χ2v) is 6.50. The van der Waals surface area contributed by atoms with Crippen LogP contribution in [0.4, 0.5) is 0 Å². The zero-order valence-electron chi connectivity index (χ0n) is 13.0. The Kier molecular flexibility index (Phi) is 7.02. The van der Waals surface area contributed by atoms with Gasteiger partial charge in [-0.1, -0.05) is 54.2 Å². The highest BCUT2D eigenvalue weighted by Gasteiger charge is 2.14. The lowest BCUT2D eigenvalue weighted by molar-refractivity contribution is 0.0599. The van der Waals surface area contributed by atoms with Gasteiger partial charge in [-0.15, -0.1) is 5.10 Å². The summed E-state index contributed by atoms with van der Waals surface area (Å²) in [6, 6.07) is 15.3. The number of nitrogens with two attached hydrogens (primary N) is 1. The molecule has 0 aliphatic heterocycles. The van der Waals surface area contributed by atoms with Crippen LogP contribution in [0.3, 0.4) is 0 Å². The number of halogens is 1. The van der Waals surface area contributed by atoms with Crippen LogP contribution >= 0.6 is 27.7 Å². The average Bonchev–Trinajstić information content (AvgIpc) is 2.60. The summed E-state index contributed by atoms with van der Waals surface area (Å²) in [6.07, 6.45) is 1.48. The molecule has 124 valence electrons. The number of esters is 1. The maximum Gasteiger partial charge on any atom is 0.339 e. The van der Waals surface area contributed by atoms with E-state index in [2.05, 4.69) is 26.1 Å². The number of rotatable bonds is 5. The van der Waals surface area contributed by atoms with Gasteiger partial charge in [0.05, 0.1) is 18.9 Å². The Labute approximate surface area is 153 Å². The molecule has 0 aromatic heterocycles. The molecular formula is C17H16BrN3O2S. The molecule has 24 heavy (non-hydrogen) atoms. The summed E-state index contributed by atoms with van der Waals surface area (Å²) in [4.78, 5) is 11.8. The standard InChI is InChI=1S/C17H16BrN3O2S/c1-23-16(22)15-13(8-5-9-14(15)18)10-20-21-17(19)24-11-12-6-3-2-4-7-12/h2-10H,11H2,1H3,(H2,19,21). The highest BCUT2D eigenvalue weighted by atomic mass is 79.9. The highest BCUT2D eigenvalue weighted by Crippen LogP contribution is 2.20. The number of nitrogens with zero attached hydrogens (tertiary/aromatic N) is 2. The third kappa shape index (κ3) is 5.21. The normalized spacial score (nSPS) is 11.7. The number of amidine groups is 1. The lowest BCUT2D eigenvalue weighted by atomic mass is 10.1. The van der Waals surface area contributed by atoms with Crippen molar-refractivity contribution >= 4 is 45.0 Å². The molecule has 0 spiro atoms. The van der Waals surface area contributed by atoms with Crippen LogP contribution in [0.2, 0.25) is 0 Å². The molecule has 0 amide bonds. The maximum absolute atomic E-state index is 11.8. The van der Waals surface area contributed by atoms with Gasteiger partial charge < -0.3 is 10.5 Å². The van der Waals surface area contributed by atoms with E-state index in [1.54, 1.807) is 18.2 Å². The quantitative estimate of drug-likeness (QED) is 0.355. The minimum absolute atomic E-state index is 0.352. The lowest BCUT2D eigenvalue weighted by Gasteiger charge is -2.05. The Hall–Kier alpha value is -2.12. The number of hydrogen-bond acceptors (Lipinski definition) is 5. The maximum atomic E-state index is 11.8. The molecule has 0 saturated carbocycles. The summed E-state index contributed by atoms with van der Waals surface area (Å²) in [7, 11) is 1.33. The first-order valence-electron chi connectivity index (χ1n) is 7.02. The van der Waals surface area contributed by atoms with E-state index in [9.17, 15) is 4.79 Å². The summed E-state index contributed by atoms with van der Waals surface area (Å²) in [5.74, 6) is 0.273. The molecule has 2 aromatic rings. The third-order valence-electron chi connectivity index (χ3n) is 3.02. The number of carbonyl (C=O) groups is 1. The fourth-order valence-corrected chi connectivity index (χ4v) is 3.03. The van der Waals surface area contributed by atoms with E-state index in [0.29, 0.717) is 20.8 Å². The Morgan fingerprint density at radius 2 is 2.00 bits per heavy atom. The lowest BCUT2D eigenvalue weighted by Crippen LogP contribution is -2.07. The number of benzene rings is 2. The minimum atomic E-state index is -0.445. The first-order chi connectivity index (χ1) is 11.6.